The average molecular weight is 531 g/mol. The van der Waals surface area contributed by atoms with Gasteiger partial charge in [-0.05, 0) is 115 Å². The minimum Gasteiger partial charge on any atom is -0.383 e. The van der Waals surface area contributed by atoms with Crippen LogP contribution in [0.25, 0.3) is 22.9 Å². The molecule has 0 saturated carbocycles. The monoisotopic (exact) mass is 531 g/mol. The number of halogens is 1. The summed E-state index contributed by atoms with van der Waals surface area (Å²) < 4.78 is 3.48. The minimum absolute atomic E-state index is 0.165. The second-order valence-electron chi connectivity index (χ2n) is 8.10. The summed E-state index contributed by atoms with van der Waals surface area (Å²) in [4.78, 5) is 4.42. The van der Waals surface area contributed by atoms with Crippen molar-refractivity contribution in [2.75, 3.05) is 5.73 Å². The molecule has 1 aliphatic carbocycles. The standard InChI is InChI=1S/C26H22IN5/c1-13-8-19(6-7-23(13)27)32-14(2)9-18(17(32)5)10-20-15(3)21(11-28)25-24(20)16(4)22(12-29)26(30)31-25/h6-10H,1-5H3,(H2,30,31)/b20-10+. The molecule has 1 aromatic carbocycles. The lowest BCUT2D eigenvalue weighted by molar-refractivity contribution is 0.961. The quantitative estimate of drug-likeness (QED) is 0.410. The van der Waals surface area contributed by atoms with E-state index in [-0.39, 0.29) is 5.82 Å². The van der Waals surface area contributed by atoms with Gasteiger partial charge in [0, 0.05) is 26.2 Å². The molecule has 0 spiro atoms. The van der Waals surface area contributed by atoms with E-state index >= 15 is 0 Å². The molecule has 2 N–H and O–H groups in total. The zero-order valence-electron chi connectivity index (χ0n) is 18.6. The van der Waals surface area contributed by atoms with Crippen molar-refractivity contribution in [2.45, 2.75) is 34.6 Å². The Morgan fingerprint density at radius 2 is 1.78 bits per heavy atom. The van der Waals surface area contributed by atoms with E-state index < -0.39 is 0 Å². The number of anilines is 1. The van der Waals surface area contributed by atoms with Gasteiger partial charge in [-0.15, -0.1) is 0 Å². The molecule has 32 heavy (non-hydrogen) atoms. The van der Waals surface area contributed by atoms with Gasteiger partial charge in [-0.1, -0.05) is 0 Å². The Morgan fingerprint density at radius 3 is 2.41 bits per heavy atom. The Morgan fingerprint density at radius 1 is 1.06 bits per heavy atom. The highest BCUT2D eigenvalue weighted by molar-refractivity contribution is 14.1. The number of nitrogens with zero attached hydrogens (tertiary/aromatic N) is 4. The number of fused-ring (bicyclic) bond motifs is 1. The van der Waals surface area contributed by atoms with Crippen LogP contribution in [-0.4, -0.2) is 9.55 Å². The van der Waals surface area contributed by atoms with Gasteiger partial charge >= 0.3 is 0 Å². The predicted octanol–water partition coefficient (Wildman–Crippen LogP) is 6.02. The Hall–Kier alpha value is -3.36. The summed E-state index contributed by atoms with van der Waals surface area (Å²) >= 11 is 2.35. The number of benzene rings is 1. The molecule has 2 heterocycles. The number of allylic oxidation sites excluding steroid dienone is 3. The highest BCUT2D eigenvalue weighted by Crippen LogP contribution is 2.44. The molecule has 5 nitrogen and oxygen atoms in total. The van der Waals surface area contributed by atoms with Crippen LogP contribution in [0.1, 0.15) is 51.8 Å². The smallest absolute Gasteiger partial charge is 0.142 e. The summed E-state index contributed by atoms with van der Waals surface area (Å²) in [5.41, 5.74) is 16.4. The molecule has 0 fully saturated rings. The summed E-state index contributed by atoms with van der Waals surface area (Å²) in [7, 11) is 0. The molecule has 0 bridgehead atoms. The van der Waals surface area contributed by atoms with Crippen molar-refractivity contribution in [3.63, 3.8) is 0 Å². The number of hydrogen-bond donors (Lipinski definition) is 1. The first-order valence-electron chi connectivity index (χ1n) is 10.2. The van der Waals surface area contributed by atoms with E-state index in [4.69, 9.17) is 5.73 Å². The Bertz CT molecular complexity index is 1460. The molecule has 1 aliphatic rings. The molecular formula is C26H22IN5. The number of nitrogen functional groups attached to an aromatic ring is 1. The number of aryl methyl sites for hydroxylation is 2. The number of aromatic nitrogens is 2. The molecule has 158 valence electrons. The number of rotatable bonds is 2. The number of nitriles is 2. The van der Waals surface area contributed by atoms with Crippen molar-refractivity contribution in [1.82, 2.24) is 9.55 Å². The van der Waals surface area contributed by atoms with Crippen LogP contribution >= 0.6 is 22.6 Å². The number of pyridine rings is 1. The van der Waals surface area contributed by atoms with E-state index in [0.29, 0.717) is 16.8 Å². The SMILES string of the molecule is CC1=C(C#N)c2nc(N)c(C#N)c(C)c2/C1=C/c1cc(C)n(-c2ccc(I)c(C)c2)c1C. The van der Waals surface area contributed by atoms with E-state index in [0.717, 1.165) is 44.9 Å². The molecule has 0 unspecified atom stereocenters. The van der Waals surface area contributed by atoms with Crippen LogP contribution in [0.5, 0.6) is 0 Å². The van der Waals surface area contributed by atoms with Gasteiger partial charge in [0.25, 0.3) is 0 Å². The predicted molar refractivity (Wildman–Crippen MR) is 137 cm³/mol. The fourth-order valence-corrected chi connectivity index (χ4v) is 4.79. The van der Waals surface area contributed by atoms with Crippen LogP contribution in [-0.2, 0) is 0 Å². The van der Waals surface area contributed by atoms with Crippen molar-refractivity contribution < 1.29 is 0 Å². The largest absolute Gasteiger partial charge is 0.383 e. The average Bonchev–Trinajstić information content (AvgIpc) is 3.17. The van der Waals surface area contributed by atoms with Gasteiger partial charge in [-0.3, -0.25) is 0 Å². The summed E-state index contributed by atoms with van der Waals surface area (Å²) in [6, 6.07) is 13.0. The van der Waals surface area contributed by atoms with Gasteiger partial charge in [0.05, 0.1) is 16.8 Å². The first-order chi connectivity index (χ1) is 15.2. The van der Waals surface area contributed by atoms with E-state index in [1.165, 1.54) is 9.13 Å². The molecule has 3 aromatic rings. The molecule has 0 radical (unpaired) electrons. The van der Waals surface area contributed by atoms with Crippen LogP contribution in [0.3, 0.4) is 0 Å². The van der Waals surface area contributed by atoms with E-state index in [9.17, 15) is 10.5 Å². The lowest BCUT2D eigenvalue weighted by Gasteiger charge is -2.12. The van der Waals surface area contributed by atoms with E-state index in [1.54, 1.807) is 0 Å². The van der Waals surface area contributed by atoms with Crippen molar-refractivity contribution in [3.05, 3.63) is 78.3 Å². The first kappa shape index (κ1) is 21.9. The normalized spacial score (nSPS) is 13.9. The third kappa shape index (κ3) is 3.23. The highest BCUT2D eigenvalue weighted by Gasteiger charge is 2.30. The van der Waals surface area contributed by atoms with Crippen LogP contribution in [0.15, 0.2) is 29.8 Å². The molecule has 0 aliphatic heterocycles. The van der Waals surface area contributed by atoms with Crippen LogP contribution in [0.4, 0.5) is 5.82 Å². The van der Waals surface area contributed by atoms with E-state index in [1.807, 2.05) is 13.8 Å². The Kier molecular flexibility index (Phi) is 5.44. The Labute approximate surface area is 201 Å². The van der Waals surface area contributed by atoms with Gasteiger partial charge in [0.15, 0.2) is 0 Å². The zero-order valence-corrected chi connectivity index (χ0v) is 20.8. The topological polar surface area (TPSA) is 91.4 Å². The molecule has 2 aromatic heterocycles. The lowest BCUT2D eigenvalue weighted by Crippen LogP contribution is -2.04. The first-order valence-corrected chi connectivity index (χ1v) is 11.3. The maximum absolute atomic E-state index is 9.79. The lowest BCUT2D eigenvalue weighted by atomic mass is 9.95. The van der Waals surface area contributed by atoms with Gasteiger partial charge in [-0.25, -0.2) is 4.98 Å². The molecule has 4 rings (SSSR count). The van der Waals surface area contributed by atoms with Gasteiger partial charge in [0.1, 0.15) is 18.0 Å². The molecule has 0 atom stereocenters. The highest BCUT2D eigenvalue weighted by atomic mass is 127. The maximum Gasteiger partial charge on any atom is 0.142 e. The fourth-order valence-electron chi connectivity index (χ4n) is 4.45. The summed E-state index contributed by atoms with van der Waals surface area (Å²) in [6.07, 6.45) is 2.10. The number of hydrogen-bond acceptors (Lipinski definition) is 4. The van der Waals surface area contributed by atoms with E-state index in [2.05, 4.69) is 95.4 Å². The van der Waals surface area contributed by atoms with Gasteiger partial charge in [-0.2, -0.15) is 10.5 Å². The Balaban J connectivity index is 1.95. The second kappa shape index (κ2) is 7.96. The van der Waals surface area contributed by atoms with Crippen molar-refractivity contribution in [2.24, 2.45) is 0 Å². The summed E-state index contributed by atoms with van der Waals surface area (Å²) in [6.45, 7) is 10.1. The van der Waals surface area contributed by atoms with Crippen LogP contribution < -0.4 is 5.73 Å². The maximum atomic E-state index is 9.79. The molecule has 6 heteroatoms. The van der Waals surface area contributed by atoms with Crippen molar-refractivity contribution in [3.8, 4) is 17.8 Å². The molecular weight excluding hydrogens is 509 g/mol. The second-order valence-corrected chi connectivity index (χ2v) is 9.26. The van der Waals surface area contributed by atoms with Crippen molar-refractivity contribution >= 4 is 45.6 Å². The number of nitrogens with two attached hydrogens (primary N) is 1. The van der Waals surface area contributed by atoms with Gasteiger partial charge < -0.3 is 10.3 Å². The van der Waals surface area contributed by atoms with Crippen LogP contribution in [0.2, 0.25) is 0 Å². The third-order valence-corrected chi connectivity index (χ3v) is 7.36. The summed E-state index contributed by atoms with van der Waals surface area (Å²) in [5.74, 6) is 0.165. The third-order valence-electron chi connectivity index (χ3n) is 6.15. The summed E-state index contributed by atoms with van der Waals surface area (Å²) in [5, 5.41) is 19.4. The van der Waals surface area contributed by atoms with Gasteiger partial charge in [0.2, 0.25) is 0 Å². The minimum atomic E-state index is 0.165. The molecule has 0 saturated heterocycles. The van der Waals surface area contributed by atoms with Crippen molar-refractivity contribution in [1.29, 1.82) is 10.5 Å². The fraction of sp³-hybridized carbons (Fsp3) is 0.192. The van der Waals surface area contributed by atoms with Crippen LogP contribution in [0, 0.1) is 53.9 Å². The zero-order chi connectivity index (χ0) is 23.3. The molecule has 0 amide bonds.